The average molecular weight is 337 g/mol. The van der Waals surface area contributed by atoms with Gasteiger partial charge in [-0.05, 0) is 61.7 Å². The predicted octanol–water partition coefficient (Wildman–Crippen LogP) is 3.33. The lowest BCUT2D eigenvalue weighted by atomic mass is 9.94. The summed E-state index contributed by atoms with van der Waals surface area (Å²) in [7, 11) is 0. The van der Waals surface area contributed by atoms with E-state index in [9.17, 15) is 9.59 Å². The molecule has 1 fully saturated rings. The van der Waals surface area contributed by atoms with Gasteiger partial charge in [0, 0.05) is 11.3 Å². The largest absolute Gasteiger partial charge is 0.486 e. The molecule has 1 saturated carbocycles. The van der Waals surface area contributed by atoms with Crippen LogP contribution in [-0.4, -0.2) is 24.9 Å². The maximum absolute atomic E-state index is 12.8. The van der Waals surface area contributed by atoms with Crippen LogP contribution in [-0.2, 0) is 10.2 Å². The number of amides is 1. The number of hydrogen-bond donors (Lipinski definition) is 1. The number of nitrogens with one attached hydrogen (secondary N) is 1. The van der Waals surface area contributed by atoms with E-state index in [1.54, 1.807) is 24.3 Å². The summed E-state index contributed by atoms with van der Waals surface area (Å²) in [6.45, 7) is 2.60. The van der Waals surface area contributed by atoms with Crippen molar-refractivity contribution in [2.75, 3.05) is 18.5 Å². The van der Waals surface area contributed by atoms with Crippen molar-refractivity contribution < 1.29 is 19.1 Å². The maximum Gasteiger partial charge on any atom is 0.235 e. The first-order chi connectivity index (χ1) is 12.1. The molecule has 1 heterocycles. The molecule has 2 aromatic rings. The molecule has 1 amide bonds. The molecule has 1 N–H and O–H groups in total. The van der Waals surface area contributed by atoms with Crippen molar-refractivity contribution in [3.8, 4) is 11.5 Å². The number of anilines is 1. The summed E-state index contributed by atoms with van der Waals surface area (Å²) < 4.78 is 11.2. The van der Waals surface area contributed by atoms with Crippen LogP contribution in [0.2, 0.25) is 0 Å². The summed E-state index contributed by atoms with van der Waals surface area (Å²) in [5, 5.41) is 2.97. The molecular weight excluding hydrogens is 318 g/mol. The summed E-state index contributed by atoms with van der Waals surface area (Å²) in [6.07, 6.45) is 1.62. The van der Waals surface area contributed by atoms with E-state index in [4.69, 9.17) is 9.47 Å². The van der Waals surface area contributed by atoms with Gasteiger partial charge in [0.1, 0.15) is 13.2 Å². The molecule has 4 rings (SSSR count). The van der Waals surface area contributed by atoms with E-state index in [0.29, 0.717) is 30.2 Å². The second-order valence-corrected chi connectivity index (χ2v) is 6.53. The average Bonchev–Trinajstić information content (AvgIpc) is 3.44. The van der Waals surface area contributed by atoms with Crippen LogP contribution >= 0.6 is 0 Å². The van der Waals surface area contributed by atoms with E-state index in [-0.39, 0.29) is 11.7 Å². The Morgan fingerprint density at radius 2 is 1.64 bits per heavy atom. The van der Waals surface area contributed by atoms with E-state index >= 15 is 0 Å². The molecule has 0 atom stereocenters. The smallest absolute Gasteiger partial charge is 0.235 e. The Kier molecular flexibility index (Phi) is 3.71. The number of rotatable bonds is 4. The molecule has 128 valence electrons. The lowest BCUT2D eigenvalue weighted by molar-refractivity contribution is -0.118. The summed E-state index contributed by atoms with van der Waals surface area (Å²) in [5.41, 5.74) is 1.77. The van der Waals surface area contributed by atoms with Crippen LogP contribution in [0.5, 0.6) is 11.5 Å². The molecule has 0 saturated heterocycles. The number of fused-ring (bicyclic) bond motifs is 1. The minimum Gasteiger partial charge on any atom is -0.486 e. The highest BCUT2D eigenvalue weighted by Gasteiger charge is 2.51. The summed E-state index contributed by atoms with van der Waals surface area (Å²) in [4.78, 5) is 24.2. The third-order valence-electron chi connectivity index (χ3n) is 4.83. The van der Waals surface area contributed by atoms with Crippen LogP contribution < -0.4 is 14.8 Å². The molecule has 0 unspecified atom stereocenters. The number of ether oxygens (including phenoxy) is 2. The van der Waals surface area contributed by atoms with E-state index in [1.807, 2.05) is 18.2 Å². The van der Waals surface area contributed by atoms with Crippen LogP contribution in [0.25, 0.3) is 0 Å². The zero-order valence-corrected chi connectivity index (χ0v) is 14.0. The Morgan fingerprint density at radius 1 is 0.960 bits per heavy atom. The molecule has 0 bridgehead atoms. The SMILES string of the molecule is CC(=O)c1ccc(NC(=O)C2(c3ccc4c(c3)OCCO4)CC2)cc1. The van der Waals surface area contributed by atoms with Crippen LogP contribution in [0.15, 0.2) is 42.5 Å². The number of carbonyl (C=O) groups is 2. The summed E-state index contributed by atoms with van der Waals surface area (Å²) >= 11 is 0. The van der Waals surface area contributed by atoms with Crippen molar-refractivity contribution in [1.82, 2.24) is 0 Å². The van der Waals surface area contributed by atoms with Gasteiger partial charge in [-0.2, -0.15) is 0 Å². The highest BCUT2D eigenvalue weighted by molar-refractivity contribution is 6.02. The molecule has 2 aromatic carbocycles. The molecule has 1 aliphatic carbocycles. The van der Waals surface area contributed by atoms with Crippen LogP contribution in [0.4, 0.5) is 5.69 Å². The lowest BCUT2D eigenvalue weighted by Crippen LogP contribution is -2.28. The molecule has 2 aliphatic rings. The Balaban J connectivity index is 1.54. The fourth-order valence-corrected chi connectivity index (χ4v) is 3.15. The van der Waals surface area contributed by atoms with Crippen molar-refractivity contribution in [3.05, 3.63) is 53.6 Å². The molecule has 5 heteroatoms. The standard InChI is InChI=1S/C20H19NO4/c1-13(22)14-2-5-16(6-3-14)21-19(23)20(8-9-20)15-4-7-17-18(12-15)25-11-10-24-17/h2-7,12H,8-11H2,1H3,(H,21,23). The van der Waals surface area contributed by atoms with E-state index in [0.717, 1.165) is 24.2 Å². The molecule has 0 aromatic heterocycles. The van der Waals surface area contributed by atoms with Gasteiger partial charge in [0.15, 0.2) is 17.3 Å². The van der Waals surface area contributed by atoms with Crippen molar-refractivity contribution >= 4 is 17.4 Å². The molecule has 5 nitrogen and oxygen atoms in total. The number of ketones is 1. The second kappa shape index (κ2) is 5.92. The van der Waals surface area contributed by atoms with Gasteiger partial charge in [-0.25, -0.2) is 0 Å². The molecule has 0 spiro atoms. The minimum atomic E-state index is -0.505. The third-order valence-corrected chi connectivity index (χ3v) is 4.83. The zero-order valence-electron chi connectivity index (χ0n) is 14.0. The number of carbonyl (C=O) groups excluding carboxylic acids is 2. The highest BCUT2D eigenvalue weighted by Crippen LogP contribution is 2.50. The second-order valence-electron chi connectivity index (χ2n) is 6.53. The Morgan fingerprint density at radius 3 is 2.28 bits per heavy atom. The van der Waals surface area contributed by atoms with Crippen molar-refractivity contribution in [3.63, 3.8) is 0 Å². The van der Waals surface area contributed by atoms with Crippen molar-refractivity contribution in [2.24, 2.45) is 0 Å². The summed E-state index contributed by atoms with van der Waals surface area (Å²) in [5.74, 6) is 1.41. The maximum atomic E-state index is 12.8. The van der Waals surface area contributed by atoms with Gasteiger partial charge in [0.2, 0.25) is 5.91 Å². The van der Waals surface area contributed by atoms with Gasteiger partial charge in [-0.15, -0.1) is 0 Å². The highest BCUT2D eigenvalue weighted by atomic mass is 16.6. The fourth-order valence-electron chi connectivity index (χ4n) is 3.15. The quantitative estimate of drug-likeness (QED) is 0.869. The van der Waals surface area contributed by atoms with Gasteiger partial charge < -0.3 is 14.8 Å². The molecule has 25 heavy (non-hydrogen) atoms. The molecular formula is C20H19NO4. The van der Waals surface area contributed by atoms with E-state index in [2.05, 4.69) is 5.32 Å². The molecule has 0 radical (unpaired) electrons. The first-order valence-corrected chi connectivity index (χ1v) is 8.41. The fraction of sp³-hybridized carbons (Fsp3) is 0.300. The third kappa shape index (κ3) is 2.86. The minimum absolute atomic E-state index is 0.00724. The van der Waals surface area contributed by atoms with Crippen LogP contribution in [0.1, 0.15) is 35.7 Å². The van der Waals surface area contributed by atoms with Crippen molar-refractivity contribution in [2.45, 2.75) is 25.2 Å². The Bertz CT molecular complexity index is 837. The topological polar surface area (TPSA) is 64.6 Å². The van der Waals surface area contributed by atoms with Gasteiger partial charge in [0.05, 0.1) is 5.41 Å². The number of Topliss-reactive ketones (excluding diaryl/α,β-unsaturated/α-hetero) is 1. The van der Waals surface area contributed by atoms with Gasteiger partial charge in [0.25, 0.3) is 0 Å². The number of hydrogen-bond acceptors (Lipinski definition) is 4. The first-order valence-electron chi connectivity index (χ1n) is 8.41. The Labute approximate surface area is 145 Å². The van der Waals surface area contributed by atoms with Gasteiger partial charge in [-0.3, -0.25) is 9.59 Å². The van der Waals surface area contributed by atoms with E-state index < -0.39 is 5.41 Å². The normalized spacial score (nSPS) is 16.8. The van der Waals surface area contributed by atoms with Crippen molar-refractivity contribution in [1.29, 1.82) is 0 Å². The lowest BCUT2D eigenvalue weighted by Gasteiger charge is -2.21. The first kappa shape index (κ1) is 15.7. The predicted molar refractivity (Wildman–Crippen MR) is 93.4 cm³/mol. The monoisotopic (exact) mass is 337 g/mol. The number of benzene rings is 2. The Hall–Kier alpha value is -2.82. The van der Waals surface area contributed by atoms with Crippen LogP contribution in [0, 0.1) is 0 Å². The van der Waals surface area contributed by atoms with Gasteiger partial charge in [-0.1, -0.05) is 6.07 Å². The van der Waals surface area contributed by atoms with E-state index in [1.165, 1.54) is 6.92 Å². The van der Waals surface area contributed by atoms with Crippen LogP contribution in [0.3, 0.4) is 0 Å². The summed E-state index contributed by atoms with van der Waals surface area (Å²) in [6, 6.07) is 12.7. The van der Waals surface area contributed by atoms with Gasteiger partial charge >= 0.3 is 0 Å². The molecule has 1 aliphatic heterocycles. The zero-order chi connectivity index (χ0) is 17.4.